The van der Waals surface area contributed by atoms with Crippen LogP contribution in [-0.2, 0) is 9.05 Å². The number of anilines is 2. The first-order valence-electron chi connectivity index (χ1n) is 5.65. The Morgan fingerprint density at radius 2 is 1.90 bits per heavy atom. The number of carbonyl (C=O) groups is 1. The zero-order chi connectivity index (χ0) is 15.5. The number of halogens is 2. The van der Waals surface area contributed by atoms with Gasteiger partial charge in [0.1, 0.15) is 0 Å². The van der Waals surface area contributed by atoms with Crippen molar-refractivity contribution in [1.29, 1.82) is 0 Å². The smallest absolute Gasteiger partial charge is 0.286 e. The van der Waals surface area contributed by atoms with Crippen LogP contribution in [0.2, 0.25) is 5.02 Å². The van der Waals surface area contributed by atoms with Crippen molar-refractivity contribution >= 4 is 48.9 Å². The Morgan fingerprint density at radius 1 is 1.14 bits per heavy atom. The van der Waals surface area contributed by atoms with Crippen molar-refractivity contribution in [2.75, 3.05) is 10.6 Å². The second-order valence-corrected chi connectivity index (χ2v) is 6.91. The van der Waals surface area contributed by atoms with Crippen molar-refractivity contribution in [2.24, 2.45) is 0 Å². The van der Waals surface area contributed by atoms with Crippen LogP contribution in [0.25, 0.3) is 0 Å². The lowest BCUT2D eigenvalue weighted by atomic mass is 10.3. The van der Waals surface area contributed by atoms with Crippen molar-refractivity contribution in [3.05, 3.63) is 47.6 Å². The fourth-order valence-electron chi connectivity index (χ4n) is 1.50. The molecule has 2 amide bonds. The normalized spacial score (nSPS) is 11.0. The van der Waals surface area contributed by atoms with Crippen LogP contribution >= 0.6 is 22.3 Å². The predicted molar refractivity (Wildman–Crippen MR) is 80.1 cm³/mol. The summed E-state index contributed by atoms with van der Waals surface area (Å²) in [5, 5.41) is 5.11. The van der Waals surface area contributed by atoms with Gasteiger partial charge in [0.15, 0.2) is 0 Å². The first-order chi connectivity index (χ1) is 9.86. The van der Waals surface area contributed by atoms with Gasteiger partial charge in [0.25, 0.3) is 14.9 Å². The van der Waals surface area contributed by atoms with Crippen LogP contribution in [0.5, 0.6) is 0 Å². The number of carbonyl (C=O) groups excluding carboxylic acids is 1. The second kappa shape index (κ2) is 6.30. The van der Waals surface area contributed by atoms with Gasteiger partial charge < -0.3 is 0 Å². The Labute approximate surface area is 130 Å². The molecule has 1 heterocycles. The summed E-state index contributed by atoms with van der Waals surface area (Å²) < 4.78 is 22.3. The van der Waals surface area contributed by atoms with Gasteiger partial charge in [-0.25, -0.2) is 18.2 Å². The number of H-pyrrole nitrogens is 1. The van der Waals surface area contributed by atoms with Gasteiger partial charge in [-0.3, -0.25) is 5.32 Å². The number of amides is 2. The molecule has 0 radical (unpaired) electrons. The fourth-order valence-corrected chi connectivity index (χ4v) is 2.57. The Morgan fingerprint density at radius 3 is 2.48 bits per heavy atom. The third-order valence-electron chi connectivity index (χ3n) is 2.43. The number of aromatic amines is 1. The van der Waals surface area contributed by atoms with E-state index in [0.29, 0.717) is 5.82 Å². The molecule has 0 spiro atoms. The summed E-state index contributed by atoms with van der Waals surface area (Å²) in [4.78, 5) is 14.5. The van der Waals surface area contributed by atoms with E-state index >= 15 is 0 Å². The van der Waals surface area contributed by atoms with Gasteiger partial charge in [-0.1, -0.05) is 17.7 Å². The molecule has 0 unspecified atom stereocenters. The minimum absolute atomic E-state index is 0.0592. The average molecular weight is 347 g/mol. The number of hydrogen-bond donors (Lipinski definition) is 2. The van der Waals surface area contributed by atoms with Crippen LogP contribution in [-0.4, -0.2) is 14.4 Å². The monoisotopic (exact) mass is 346 g/mol. The van der Waals surface area contributed by atoms with Crippen LogP contribution in [0, 0.1) is 0 Å². The van der Waals surface area contributed by atoms with Crippen LogP contribution < -0.4 is 15.6 Å². The van der Waals surface area contributed by atoms with Gasteiger partial charge in [0, 0.05) is 16.7 Å². The summed E-state index contributed by atoms with van der Waals surface area (Å²) in [6.07, 6.45) is 1.66. The molecule has 1 aromatic heterocycles. The minimum Gasteiger partial charge on any atom is -0.286 e. The Balaban J connectivity index is 2.11. The van der Waals surface area contributed by atoms with Crippen molar-refractivity contribution in [3.63, 3.8) is 0 Å². The predicted octanol–water partition coefficient (Wildman–Crippen LogP) is 2.73. The highest BCUT2D eigenvalue weighted by Gasteiger charge is 2.15. The van der Waals surface area contributed by atoms with E-state index in [1.807, 2.05) is 0 Å². The second-order valence-electron chi connectivity index (χ2n) is 3.93. The first kappa shape index (κ1) is 15.6. The molecule has 0 aliphatic heterocycles. The standard InChI is InChI=1S/C12H9Cl2N3O3S/c13-9-7-8(21(14,19)20)4-5-10(9)16-12(18)17-11-3-1-2-6-15-11/h1-7H,(H2,15,16,17,18)/p+1. The maximum Gasteiger partial charge on any atom is 0.411 e. The highest BCUT2D eigenvalue weighted by atomic mass is 35.7. The molecule has 0 aliphatic rings. The van der Waals surface area contributed by atoms with Crippen LogP contribution in [0.15, 0.2) is 47.5 Å². The molecule has 0 fully saturated rings. The van der Waals surface area contributed by atoms with Crippen molar-refractivity contribution in [1.82, 2.24) is 0 Å². The van der Waals surface area contributed by atoms with Crippen molar-refractivity contribution in [3.8, 4) is 0 Å². The SMILES string of the molecule is O=C(Nc1cccc[nH+]1)Nc1ccc(S(=O)(=O)Cl)cc1Cl. The van der Waals surface area contributed by atoms with Gasteiger partial charge in [0.2, 0.25) is 0 Å². The molecule has 9 heteroatoms. The van der Waals surface area contributed by atoms with E-state index in [1.54, 1.807) is 24.4 Å². The largest absolute Gasteiger partial charge is 0.411 e. The molecule has 0 bridgehead atoms. The molecule has 0 saturated heterocycles. The number of hydrogen-bond acceptors (Lipinski definition) is 3. The summed E-state index contributed by atoms with van der Waals surface area (Å²) in [6, 6.07) is 8.42. The molecule has 6 nitrogen and oxygen atoms in total. The lowest BCUT2D eigenvalue weighted by molar-refractivity contribution is -0.360. The van der Waals surface area contributed by atoms with E-state index in [-0.39, 0.29) is 15.6 Å². The van der Waals surface area contributed by atoms with Crippen molar-refractivity contribution in [2.45, 2.75) is 4.90 Å². The molecule has 2 rings (SSSR count). The topological polar surface area (TPSA) is 89.4 Å². The summed E-state index contributed by atoms with van der Waals surface area (Å²) in [7, 11) is 1.34. The average Bonchev–Trinajstić information content (AvgIpc) is 2.41. The third kappa shape index (κ3) is 4.32. The van der Waals surface area contributed by atoms with E-state index < -0.39 is 15.1 Å². The molecule has 2 aromatic rings. The zero-order valence-electron chi connectivity index (χ0n) is 10.4. The fraction of sp³-hybridized carbons (Fsp3) is 0. The first-order valence-corrected chi connectivity index (χ1v) is 8.34. The lowest BCUT2D eigenvalue weighted by Crippen LogP contribution is -2.24. The Bertz CT molecular complexity index is 767. The molecule has 21 heavy (non-hydrogen) atoms. The van der Waals surface area contributed by atoms with Gasteiger partial charge >= 0.3 is 6.03 Å². The summed E-state index contributed by atoms with van der Waals surface area (Å²) in [5.41, 5.74) is 0.258. The molecular formula is C12H10Cl2N3O3S+. The molecular weight excluding hydrogens is 337 g/mol. The molecule has 3 N–H and O–H groups in total. The molecule has 0 atom stereocenters. The quantitative estimate of drug-likeness (QED) is 0.837. The third-order valence-corrected chi connectivity index (χ3v) is 4.09. The van der Waals surface area contributed by atoms with E-state index in [1.165, 1.54) is 12.1 Å². The minimum atomic E-state index is -3.86. The Kier molecular flexibility index (Phi) is 4.66. The van der Waals surface area contributed by atoms with Gasteiger partial charge in [0.05, 0.1) is 21.8 Å². The van der Waals surface area contributed by atoms with E-state index in [0.717, 1.165) is 6.07 Å². The highest BCUT2D eigenvalue weighted by molar-refractivity contribution is 8.13. The van der Waals surface area contributed by atoms with E-state index in [9.17, 15) is 13.2 Å². The van der Waals surface area contributed by atoms with Crippen LogP contribution in [0.1, 0.15) is 0 Å². The van der Waals surface area contributed by atoms with Crippen LogP contribution in [0.3, 0.4) is 0 Å². The van der Waals surface area contributed by atoms with Crippen molar-refractivity contribution < 1.29 is 18.2 Å². The highest BCUT2D eigenvalue weighted by Crippen LogP contribution is 2.26. The summed E-state index contributed by atoms with van der Waals surface area (Å²) >= 11 is 5.91. The van der Waals surface area contributed by atoms with Crippen LogP contribution in [0.4, 0.5) is 16.3 Å². The molecule has 0 aliphatic carbocycles. The van der Waals surface area contributed by atoms with Gasteiger partial charge in [-0.05, 0) is 24.3 Å². The molecule has 110 valence electrons. The molecule has 0 saturated carbocycles. The maximum absolute atomic E-state index is 11.8. The number of aromatic nitrogens is 1. The van der Waals surface area contributed by atoms with Gasteiger partial charge in [-0.15, -0.1) is 0 Å². The summed E-state index contributed by atoms with van der Waals surface area (Å²) in [5.74, 6) is 0.492. The van der Waals surface area contributed by atoms with E-state index in [2.05, 4.69) is 15.6 Å². The maximum atomic E-state index is 11.8. The lowest BCUT2D eigenvalue weighted by Gasteiger charge is -2.06. The summed E-state index contributed by atoms with van der Waals surface area (Å²) in [6.45, 7) is 0. The van der Waals surface area contributed by atoms with E-state index in [4.69, 9.17) is 22.3 Å². The Hall–Kier alpha value is -1.83. The molecule has 1 aromatic carbocycles. The number of nitrogens with one attached hydrogen (secondary N) is 3. The number of benzene rings is 1. The number of pyridine rings is 1. The number of urea groups is 1. The number of rotatable bonds is 3. The van der Waals surface area contributed by atoms with Gasteiger partial charge in [-0.2, -0.15) is 5.32 Å². The zero-order valence-corrected chi connectivity index (χ0v) is 12.8.